The fourth-order valence-electron chi connectivity index (χ4n) is 3.54. The monoisotopic (exact) mass is 435 g/mol. The third kappa shape index (κ3) is 5.67. The first-order valence-electron chi connectivity index (χ1n) is 9.53. The van der Waals surface area contributed by atoms with E-state index in [4.69, 9.17) is 0 Å². The Balaban J connectivity index is 1.66. The maximum atomic E-state index is 12.7. The van der Waals surface area contributed by atoms with Crippen LogP contribution in [0.1, 0.15) is 24.0 Å². The van der Waals surface area contributed by atoms with E-state index in [-0.39, 0.29) is 10.6 Å². The van der Waals surface area contributed by atoms with Gasteiger partial charge in [-0.05, 0) is 55.0 Å². The molecular formula is C21H25NO5S2. The van der Waals surface area contributed by atoms with Gasteiger partial charge in [-0.2, -0.15) is 0 Å². The molecular weight excluding hydrogens is 410 g/mol. The van der Waals surface area contributed by atoms with E-state index in [1.165, 1.54) is 11.0 Å². The lowest BCUT2D eigenvalue weighted by Gasteiger charge is -2.29. The van der Waals surface area contributed by atoms with Gasteiger partial charge in [-0.1, -0.05) is 30.3 Å². The van der Waals surface area contributed by atoms with Crippen LogP contribution in [0.2, 0.25) is 0 Å². The maximum Gasteiger partial charge on any atom is 0.242 e. The average molecular weight is 436 g/mol. The zero-order chi connectivity index (χ0) is 21.1. The highest BCUT2D eigenvalue weighted by atomic mass is 32.2. The Hall–Kier alpha value is -2.19. The summed E-state index contributed by atoms with van der Waals surface area (Å²) in [5.74, 6) is -1.03. The number of carbonyl (C=O) groups is 1. The second-order valence-corrected chi connectivity index (χ2v) is 11.6. The molecule has 1 aliphatic heterocycles. The highest BCUT2D eigenvalue weighted by molar-refractivity contribution is 7.92. The molecule has 0 fully saturated rings. The molecule has 0 N–H and O–H groups in total. The first-order chi connectivity index (χ1) is 13.7. The van der Waals surface area contributed by atoms with Crippen LogP contribution >= 0.6 is 0 Å². The van der Waals surface area contributed by atoms with Crippen LogP contribution in [0, 0.1) is 0 Å². The zero-order valence-corrected chi connectivity index (χ0v) is 18.0. The second kappa shape index (κ2) is 8.67. The summed E-state index contributed by atoms with van der Waals surface area (Å²) in [6.07, 6.45) is 3.58. The summed E-state index contributed by atoms with van der Waals surface area (Å²) in [7, 11) is -6.86. The van der Waals surface area contributed by atoms with Gasteiger partial charge in [-0.3, -0.25) is 4.79 Å². The molecule has 2 aromatic carbocycles. The van der Waals surface area contributed by atoms with E-state index in [2.05, 4.69) is 0 Å². The third-order valence-corrected chi connectivity index (χ3v) is 7.71. The number of hydrogen-bond acceptors (Lipinski definition) is 5. The normalized spacial score (nSPS) is 14.4. The van der Waals surface area contributed by atoms with E-state index in [1.54, 1.807) is 12.1 Å². The molecule has 0 aromatic heterocycles. The fourth-order valence-corrected chi connectivity index (χ4v) is 5.47. The molecule has 1 aliphatic rings. The lowest BCUT2D eigenvalue weighted by molar-refractivity contribution is -0.116. The first kappa shape index (κ1) is 21.5. The molecule has 0 saturated carbocycles. The Labute approximate surface area is 172 Å². The molecule has 0 aliphatic carbocycles. The molecule has 0 spiro atoms. The molecule has 0 bridgehead atoms. The lowest BCUT2D eigenvalue weighted by atomic mass is 10.0. The molecule has 0 atom stereocenters. The molecule has 1 heterocycles. The van der Waals surface area contributed by atoms with Crippen LogP contribution in [-0.2, 0) is 37.3 Å². The van der Waals surface area contributed by atoms with Gasteiger partial charge in [0, 0.05) is 18.5 Å². The van der Waals surface area contributed by atoms with Gasteiger partial charge in [0.05, 0.1) is 10.6 Å². The van der Waals surface area contributed by atoms with E-state index in [1.807, 2.05) is 30.3 Å². The summed E-state index contributed by atoms with van der Waals surface area (Å²) < 4.78 is 48.4. The molecule has 156 valence electrons. The number of anilines is 1. The van der Waals surface area contributed by atoms with Gasteiger partial charge in [0.2, 0.25) is 5.91 Å². The summed E-state index contributed by atoms with van der Waals surface area (Å²) >= 11 is 0. The number of nitrogens with zero attached hydrogens (tertiary/aromatic N) is 1. The van der Waals surface area contributed by atoms with Crippen molar-refractivity contribution in [2.45, 2.75) is 30.6 Å². The van der Waals surface area contributed by atoms with Crippen LogP contribution in [-0.4, -0.2) is 47.0 Å². The molecule has 0 saturated heterocycles. The van der Waals surface area contributed by atoms with Crippen LogP contribution in [0.4, 0.5) is 5.69 Å². The number of hydrogen-bond donors (Lipinski definition) is 0. The molecule has 6 nitrogen and oxygen atoms in total. The molecule has 29 heavy (non-hydrogen) atoms. The number of sulfone groups is 2. The highest BCUT2D eigenvalue weighted by Gasteiger charge is 2.27. The van der Waals surface area contributed by atoms with Gasteiger partial charge < -0.3 is 4.90 Å². The van der Waals surface area contributed by atoms with Gasteiger partial charge >= 0.3 is 0 Å². The molecule has 0 radical (unpaired) electrons. The number of aryl methyl sites for hydroxylation is 2. The van der Waals surface area contributed by atoms with Crippen LogP contribution in [0.5, 0.6) is 0 Å². The molecule has 3 rings (SSSR count). The van der Waals surface area contributed by atoms with Crippen molar-refractivity contribution in [2.24, 2.45) is 0 Å². The Morgan fingerprint density at radius 2 is 1.76 bits per heavy atom. The number of amides is 1. The minimum absolute atomic E-state index is 0.0403. The summed E-state index contributed by atoms with van der Waals surface area (Å²) in [6, 6.07) is 14.3. The lowest BCUT2D eigenvalue weighted by Crippen LogP contribution is -2.39. The summed E-state index contributed by atoms with van der Waals surface area (Å²) in [6.45, 7) is 0.434. The quantitative estimate of drug-likeness (QED) is 0.666. The van der Waals surface area contributed by atoms with Crippen molar-refractivity contribution in [3.8, 4) is 0 Å². The molecule has 0 unspecified atom stereocenters. The Bertz CT molecular complexity index is 1090. The molecule has 8 heteroatoms. The minimum Gasteiger partial charge on any atom is -0.311 e. The summed E-state index contributed by atoms with van der Waals surface area (Å²) in [4.78, 5) is 14.4. The summed E-state index contributed by atoms with van der Waals surface area (Å²) in [5, 5.41) is 0. The Morgan fingerprint density at radius 1 is 1.03 bits per heavy atom. The highest BCUT2D eigenvalue weighted by Crippen LogP contribution is 2.29. The molecule has 1 amide bonds. The van der Waals surface area contributed by atoms with Crippen molar-refractivity contribution in [1.82, 2.24) is 0 Å². The largest absolute Gasteiger partial charge is 0.311 e. The SMILES string of the molecule is CS(=O)(=O)c1ccc2c(c1)CCCN2C(=O)CS(=O)(=O)CCCc1ccccc1. The van der Waals surface area contributed by atoms with Crippen molar-refractivity contribution in [1.29, 1.82) is 0 Å². The Kier molecular flexibility index (Phi) is 6.43. The predicted molar refractivity (Wildman–Crippen MR) is 114 cm³/mol. The standard InChI is InChI=1S/C21H25NO5S2/c1-28(24,25)19-11-12-20-18(15-19)10-5-13-22(20)21(23)16-29(26,27)14-6-9-17-7-3-2-4-8-17/h2-4,7-8,11-12,15H,5-6,9-10,13-14,16H2,1H3. The predicted octanol–water partition coefficient (Wildman–Crippen LogP) is 2.42. The van der Waals surface area contributed by atoms with E-state index in [0.717, 1.165) is 17.4 Å². The zero-order valence-electron chi connectivity index (χ0n) is 16.4. The van der Waals surface area contributed by atoms with Gasteiger partial charge in [0.1, 0.15) is 5.75 Å². The van der Waals surface area contributed by atoms with Crippen LogP contribution in [0.25, 0.3) is 0 Å². The minimum atomic E-state index is -3.52. The van der Waals surface area contributed by atoms with Gasteiger partial charge in [0.15, 0.2) is 19.7 Å². The van der Waals surface area contributed by atoms with Crippen molar-refractivity contribution in [3.05, 3.63) is 59.7 Å². The van der Waals surface area contributed by atoms with Crippen molar-refractivity contribution < 1.29 is 21.6 Å². The smallest absolute Gasteiger partial charge is 0.242 e. The topological polar surface area (TPSA) is 88.6 Å². The maximum absolute atomic E-state index is 12.7. The fraction of sp³-hybridized carbons (Fsp3) is 0.381. The number of fused-ring (bicyclic) bond motifs is 1. The Morgan fingerprint density at radius 3 is 2.45 bits per heavy atom. The van der Waals surface area contributed by atoms with Crippen LogP contribution < -0.4 is 4.90 Å². The van der Waals surface area contributed by atoms with Crippen molar-refractivity contribution in [2.75, 3.05) is 29.2 Å². The molecule has 2 aromatic rings. The second-order valence-electron chi connectivity index (χ2n) is 7.39. The number of rotatable bonds is 7. The first-order valence-corrected chi connectivity index (χ1v) is 13.2. The number of carbonyl (C=O) groups excluding carboxylic acids is 1. The average Bonchev–Trinajstić information content (AvgIpc) is 2.66. The van der Waals surface area contributed by atoms with Crippen LogP contribution in [0.3, 0.4) is 0 Å². The van der Waals surface area contributed by atoms with E-state index in [0.29, 0.717) is 37.9 Å². The van der Waals surface area contributed by atoms with E-state index in [9.17, 15) is 21.6 Å². The van der Waals surface area contributed by atoms with Gasteiger partial charge in [0.25, 0.3) is 0 Å². The van der Waals surface area contributed by atoms with Crippen LogP contribution in [0.15, 0.2) is 53.4 Å². The van der Waals surface area contributed by atoms with Crippen molar-refractivity contribution in [3.63, 3.8) is 0 Å². The third-order valence-electron chi connectivity index (χ3n) is 5.01. The van der Waals surface area contributed by atoms with Gasteiger partial charge in [-0.25, -0.2) is 16.8 Å². The number of benzene rings is 2. The summed E-state index contributed by atoms with van der Waals surface area (Å²) in [5.41, 5.74) is 2.43. The van der Waals surface area contributed by atoms with Crippen molar-refractivity contribution >= 4 is 31.3 Å². The van der Waals surface area contributed by atoms with E-state index < -0.39 is 31.3 Å². The van der Waals surface area contributed by atoms with E-state index >= 15 is 0 Å². The van der Waals surface area contributed by atoms with Gasteiger partial charge in [-0.15, -0.1) is 0 Å².